The fourth-order valence-electron chi connectivity index (χ4n) is 1.64. The number of carboxylic acids is 1. The molecule has 1 N–H and O–H groups in total. The third kappa shape index (κ3) is 2.49. The molecule has 2 aromatic carbocycles. The maximum atomic E-state index is 13.9. The number of carbonyl (C=O) groups is 1. The summed E-state index contributed by atoms with van der Waals surface area (Å²) in [6.45, 7) is 0. The lowest BCUT2D eigenvalue weighted by atomic mass is 10.0. The molecule has 0 aliphatic carbocycles. The van der Waals surface area contributed by atoms with E-state index in [0.29, 0.717) is 0 Å². The monoisotopic (exact) mass is 330 g/mol. The minimum Gasteiger partial charge on any atom is -0.478 e. The first-order valence-electron chi connectivity index (χ1n) is 5.08. The van der Waals surface area contributed by atoms with Crippen LogP contribution in [0.15, 0.2) is 34.8 Å². The Labute approximate surface area is 114 Å². The highest BCUT2D eigenvalue weighted by molar-refractivity contribution is 9.10. The van der Waals surface area contributed by atoms with Gasteiger partial charge >= 0.3 is 5.97 Å². The van der Waals surface area contributed by atoms with Crippen LogP contribution in [0, 0.1) is 17.5 Å². The molecule has 2 rings (SSSR count). The zero-order valence-corrected chi connectivity index (χ0v) is 10.8. The van der Waals surface area contributed by atoms with Gasteiger partial charge in [0.05, 0.1) is 15.6 Å². The molecule has 0 unspecified atom stereocenters. The van der Waals surface area contributed by atoms with Crippen molar-refractivity contribution < 1.29 is 23.1 Å². The Morgan fingerprint density at radius 1 is 1.05 bits per heavy atom. The van der Waals surface area contributed by atoms with Gasteiger partial charge in [-0.2, -0.15) is 0 Å². The van der Waals surface area contributed by atoms with Gasteiger partial charge in [-0.3, -0.25) is 0 Å². The molecule has 0 spiro atoms. The van der Waals surface area contributed by atoms with E-state index in [0.717, 1.165) is 24.3 Å². The SMILES string of the molecule is O=C(O)c1cc(-c2c(F)ccc(Br)c2F)ccc1F. The van der Waals surface area contributed by atoms with Crippen LogP contribution in [0.2, 0.25) is 0 Å². The molecule has 6 heteroatoms. The number of hydrogen-bond acceptors (Lipinski definition) is 1. The molecule has 0 bridgehead atoms. The predicted molar refractivity (Wildman–Crippen MR) is 66.4 cm³/mol. The second-order valence-electron chi connectivity index (χ2n) is 3.72. The molecule has 0 amide bonds. The minimum absolute atomic E-state index is 0.0325. The van der Waals surface area contributed by atoms with Crippen molar-refractivity contribution in [2.24, 2.45) is 0 Å². The average Bonchev–Trinajstić information content (AvgIpc) is 2.36. The molecule has 0 aromatic heterocycles. The van der Waals surface area contributed by atoms with Crippen molar-refractivity contribution in [1.82, 2.24) is 0 Å². The Kier molecular flexibility index (Phi) is 3.61. The molecule has 0 fully saturated rings. The van der Waals surface area contributed by atoms with E-state index in [2.05, 4.69) is 15.9 Å². The van der Waals surface area contributed by atoms with Crippen LogP contribution in [0.3, 0.4) is 0 Å². The van der Waals surface area contributed by atoms with E-state index in [1.54, 1.807) is 0 Å². The number of benzene rings is 2. The number of hydrogen-bond donors (Lipinski definition) is 1. The minimum atomic E-state index is -1.50. The predicted octanol–water partition coefficient (Wildman–Crippen LogP) is 4.23. The zero-order chi connectivity index (χ0) is 14.2. The van der Waals surface area contributed by atoms with Gasteiger partial charge in [0.2, 0.25) is 0 Å². The lowest BCUT2D eigenvalue weighted by Crippen LogP contribution is -2.01. The summed E-state index contributed by atoms with van der Waals surface area (Å²) in [5.41, 5.74) is -1.09. The maximum absolute atomic E-state index is 13.9. The van der Waals surface area contributed by atoms with Gasteiger partial charge in [-0.15, -0.1) is 0 Å². The van der Waals surface area contributed by atoms with E-state index < -0.39 is 34.5 Å². The summed E-state index contributed by atoms with van der Waals surface area (Å²) in [4.78, 5) is 10.8. The van der Waals surface area contributed by atoms with Crippen LogP contribution in [0.4, 0.5) is 13.2 Å². The molecular formula is C13H6BrF3O2. The highest BCUT2D eigenvalue weighted by Gasteiger charge is 2.18. The van der Waals surface area contributed by atoms with Crippen molar-refractivity contribution >= 4 is 21.9 Å². The Balaban J connectivity index is 2.70. The number of rotatable bonds is 2. The summed E-state index contributed by atoms with van der Waals surface area (Å²) in [7, 11) is 0. The Morgan fingerprint density at radius 3 is 2.32 bits per heavy atom. The smallest absolute Gasteiger partial charge is 0.338 e. The molecule has 2 nitrogen and oxygen atoms in total. The van der Waals surface area contributed by atoms with Crippen molar-refractivity contribution in [3.05, 3.63) is 57.8 Å². The first-order valence-corrected chi connectivity index (χ1v) is 5.88. The number of halogens is 4. The molecule has 98 valence electrons. The highest BCUT2D eigenvalue weighted by Crippen LogP contribution is 2.31. The van der Waals surface area contributed by atoms with Gasteiger partial charge < -0.3 is 5.11 Å². The second kappa shape index (κ2) is 5.05. The van der Waals surface area contributed by atoms with Crippen molar-refractivity contribution in [1.29, 1.82) is 0 Å². The van der Waals surface area contributed by atoms with Crippen LogP contribution < -0.4 is 0 Å². The van der Waals surface area contributed by atoms with Crippen LogP contribution in [0.5, 0.6) is 0 Å². The van der Waals surface area contributed by atoms with Crippen molar-refractivity contribution in [3.8, 4) is 11.1 Å². The van der Waals surface area contributed by atoms with E-state index >= 15 is 0 Å². The summed E-state index contributed by atoms with van der Waals surface area (Å²) in [6, 6.07) is 5.10. The van der Waals surface area contributed by atoms with Gasteiger partial charge in [-0.1, -0.05) is 6.07 Å². The summed E-state index contributed by atoms with van der Waals surface area (Å²) >= 11 is 2.91. The largest absolute Gasteiger partial charge is 0.478 e. The standard InChI is InChI=1S/C13H6BrF3O2/c14-8-2-4-10(16)11(12(8)17)6-1-3-9(15)7(5-6)13(18)19/h1-5H,(H,18,19). The molecule has 0 saturated carbocycles. The van der Waals surface area contributed by atoms with Gasteiger partial charge in [-0.25, -0.2) is 18.0 Å². The molecule has 0 atom stereocenters. The zero-order valence-electron chi connectivity index (χ0n) is 9.25. The van der Waals surface area contributed by atoms with E-state index in [9.17, 15) is 18.0 Å². The summed E-state index contributed by atoms with van der Waals surface area (Å²) in [5, 5.41) is 8.79. The van der Waals surface area contributed by atoms with E-state index in [4.69, 9.17) is 5.11 Å². The van der Waals surface area contributed by atoms with Gasteiger partial charge in [0.25, 0.3) is 0 Å². The van der Waals surface area contributed by atoms with Crippen LogP contribution in [0.1, 0.15) is 10.4 Å². The topological polar surface area (TPSA) is 37.3 Å². The molecule has 0 heterocycles. The summed E-state index contributed by atoms with van der Waals surface area (Å²) < 4.78 is 40.8. The fourth-order valence-corrected chi connectivity index (χ4v) is 1.97. The Morgan fingerprint density at radius 2 is 1.68 bits per heavy atom. The quantitative estimate of drug-likeness (QED) is 0.836. The fraction of sp³-hybridized carbons (Fsp3) is 0. The van der Waals surface area contributed by atoms with E-state index in [1.807, 2.05) is 0 Å². The highest BCUT2D eigenvalue weighted by atomic mass is 79.9. The van der Waals surface area contributed by atoms with Crippen molar-refractivity contribution in [3.63, 3.8) is 0 Å². The van der Waals surface area contributed by atoms with E-state index in [-0.39, 0.29) is 10.0 Å². The van der Waals surface area contributed by atoms with Gasteiger partial charge in [0.1, 0.15) is 17.5 Å². The van der Waals surface area contributed by atoms with Crippen molar-refractivity contribution in [2.45, 2.75) is 0 Å². The normalized spacial score (nSPS) is 10.5. The van der Waals surface area contributed by atoms with Crippen LogP contribution in [-0.4, -0.2) is 11.1 Å². The molecule has 0 radical (unpaired) electrons. The third-order valence-corrected chi connectivity index (χ3v) is 3.14. The number of aromatic carboxylic acids is 1. The molecule has 0 aliphatic rings. The van der Waals surface area contributed by atoms with Gasteiger partial charge in [0, 0.05) is 0 Å². The molecule has 19 heavy (non-hydrogen) atoms. The number of carboxylic acid groups (broad SMARTS) is 1. The van der Waals surface area contributed by atoms with Crippen LogP contribution >= 0.6 is 15.9 Å². The molecule has 0 saturated heterocycles. The first-order chi connectivity index (χ1) is 8.91. The van der Waals surface area contributed by atoms with Crippen LogP contribution in [0.25, 0.3) is 11.1 Å². The second-order valence-corrected chi connectivity index (χ2v) is 4.57. The van der Waals surface area contributed by atoms with Gasteiger partial charge in [-0.05, 0) is 45.8 Å². The lowest BCUT2D eigenvalue weighted by molar-refractivity contribution is 0.0692. The lowest BCUT2D eigenvalue weighted by Gasteiger charge is -2.08. The van der Waals surface area contributed by atoms with Crippen molar-refractivity contribution in [2.75, 3.05) is 0 Å². The molecule has 0 aliphatic heterocycles. The van der Waals surface area contributed by atoms with Crippen LogP contribution in [-0.2, 0) is 0 Å². The summed E-state index contributed by atoms with van der Waals surface area (Å²) in [6.07, 6.45) is 0. The maximum Gasteiger partial charge on any atom is 0.338 e. The molecular weight excluding hydrogens is 325 g/mol. The first kappa shape index (κ1) is 13.6. The van der Waals surface area contributed by atoms with E-state index in [1.165, 1.54) is 6.07 Å². The Bertz CT molecular complexity index is 671. The Hall–Kier alpha value is -1.82. The van der Waals surface area contributed by atoms with Gasteiger partial charge in [0.15, 0.2) is 0 Å². The third-order valence-electron chi connectivity index (χ3n) is 2.53. The molecule has 2 aromatic rings. The average molecular weight is 331 g/mol. The summed E-state index contributed by atoms with van der Waals surface area (Å²) in [5.74, 6) is -4.20.